The highest BCUT2D eigenvalue weighted by Crippen LogP contribution is 2.29. The van der Waals surface area contributed by atoms with E-state index in [0.717, 1.165) is 44.4 Å². The number of nitrogen functional groups attached to an aromatic ring is 1. The maximum Gasteiger partial charge on any atom is 0.267 e. The number of aromatic nitrogens is 1. The van der Waals surface area contributed by atoms with Crippen molar-refractivity contribution in [3.05, 3.63) is 4.88 Å². The molecule has 2 rings (SSSR count). The fourth-order valence-electron chi connectivity index (χ4n) is 2.11. The zero-order valence-corrected chi connectivity index (χ0v) is 12.3. The maximum absolute atomic E-state index is 12.4. The third-order valence-electron chi connectivity index (χ3n) is 3.27. The molecule has 1 aromatic heterocycles. The van der Waals surface area contributed by atoms with E-state index in [0.29, 0.717) is 10.7 Å². The summed E-state index contributed by atoms with van der Waals surface area (Å²) in [4.78, 5) is 21.3. The number of thiazole rings is 1. The van der Waals surface area contributed by atoms with E-state index in [1.54, 1.807) is 0 Å². The molecule has 0 bridgehead atoms. The van der Waals surface area contributed by atoms with Gasteiger partial charge in [0, 0.05) is 39.3 Å². The minimum absolute atomic E-state index is 0.00917. The van der Waals surface area contributed by atoms with Crippen LogP contribution in [0, 0.1) is 0 Å². The molecule has 0 unspecified atom stereocenters. The normalized spacial score (nSPS) is 15.6. The largest absolute Gasteiger partial charge is 0.382 e. The van der Waals surface area contributed by atoms with Gasteiger partial charge in [-0.2, -0.15) is 0 Å². The van der Waals surface area contributed by atoms with Gasteiger partial charge in [0.25, 0.3) is 5.91 Å². The van der Waals surface area contributed by atoms with Crippen molar-refractivity contribution in [1.29, 1.82) is 0 Å². The number of carbonyl (C=O) groups excluding carboxylic acids is 1. The molecule has 1 fully saturated rings. The van der Waals surface area contributed by atoms with Crippen molar-refractivity contribution in [2.75, 3.05) is 49.9 Å². The first-order valence-electron chi connectivity index (χ1n) is 6.68. The number of rotatable bonds is 4. The Balaban J connectivity index is 2.17. The Labute approximate surface area is 117 Å². The monoisotopic (exact) mass is 283 g/mol. The van der Waals surface area contributed by atoms with Crippen LogP contribution >= 0.6 is 11.3 Å². The lowest BCUT2D eigenvalue weighted by molar-refractivity contribution is 0.0741. The van der Waals surface area contributed by atoms with Crippen molar-refractivity contribution in [2.45, 2.75) is 13.8 Å². The van der Waals surface area contributed by atoms with Crippen LogP contribution in [-0.4, -0.2) is 55.1 Å². The van der Waals surface area contributed by atoms with Gasteiger partial charge in [0.2, 0.25) is 0 Å². The molecule has 0 aliphatic carbocycles. The molecule has 7 heteroatoms. The topological polar surface area (TPSA) is 74.5 Å². The van der Waals surface area contributed by atoms with Crippen LogP contribution in [0.2, 0.25) is 0 Å². The Morgan fingerprint density at radius 1 is 1.42 bits per heavy atom. The molecule has 19 heavy (non-hydrogen) atoms. The third-order valence-corrected chi connectivity index (χ3v) is 4.39. The van der Waals surface area contributed by atoms with Crippen molar-refractivity contribution >= 4 is 28.2 Å². The molecule has 0 aromatic carbocycles. The standard InChI is InChI=1S/C12H21N5OS/c1-3-16(4-2)12-15-10(13)9(19-12)11(18)17-7-5-14-6-8-17/h14H,3-8,13H2,1-2H3. The Kier molecular flexibility index (Phi) is 4.60. The fraction of sp³-hybridized carbons (Fsp3) is 0.667. The van der Waals surface area contributed by atoms with Gasteiger partial charge in [-0.05, 0) is 13.8 Å². The predicted octanol–water partition coefficient (Wildman–Crippen LogP) is 0.617. The van der Waals surface area contributed by atoms with Gasteiger partial charge in [0.1, 0.15) is 10.7 Å². The highest BCUT2D eigenvalue weighted by molar-refractivity contribution is 7.18. The van der Waals surface area contributed by atoms with Crippen LogP contribution in [0.4, 0.5) is 10.9 Å². The van der Waals surface area contributed by atoms with Gasteiger partial charge < -0.3 is 20.9 Å². The number of hydrogen-bond acceptors (Lipinski definition) is 6. The molecule has 1 aliphatic rings. The summed E-state index contributed by atoms with van der Waals surface area (Å²) >= 11 is 1.40. The summed E-state index contributed by atoms with van der Waals surface area (Å²) < 4.78 is 0. The zero-order valence-electron chi connectivity index (χ0n) is 11.5. The molecule has 1 aliphatic heterocycles. The van der Waals surface area contributed by atoms with E-state index < -0.39 is 0 Å². The summed E-state index contributed by atoms with van der Waals surface area (Å²) in [7, 11) is 0. The number of amides is 1. The third kappa shape index (κ3) is 2.98. The lowest BCUT2D eigenvalue weighted by Gasteiger charge is -2.26. The van der Waals surface area contributed by atoms with Gasteiger partial charge >= 0.3 is 0 Å². The van der Waals surface area contributed by atoms with E-state index in [1.807, 2.05) is 4.90 Å². The zero-order chi connectivity index (χ0) is 13.8. The minimum atomic E-state index is 0.00917. The Morgan fingerprint density at radius 3 is 2.63 bits per heavy atom. The Bertz CT molecular complexity index is 437. The Hall–Kier alpha value is -1.34. The number of hydrogen-bond donors (Lipinski definition) is 2. The van der Waals surface area contributed by atoms with Crippen molar-refractivity contribution in [3.8, 4) is 0 Å². The van der Waals surface area contributed by atoms with Crippen LogP contribution in [0.1, 0.15) is 23.5 Å². The van der Waals surface area contributed by atoms with E-state index >= 15 is 0 Å². The van der Waals surface area contributed by atoms with Crippen LogP contribution in [0.25, 0.3) is 0 Å². The minimum Gasteiger partial charge on any atom is -0.382 e. The summed E-state index contributed by atoms with van der Waals surface area (Å²) in [5.74, 6) is 0.366. The first kappa shape index (κ1) is 14.1. The molecule has 106 valence electrons. The molecule has 1 aromatic rings. The van der Waals surface area contributed by atoms with Crippen molar-refractivity contribution in [3.63, 3.8) is 0 Å². The van der Waals surface area contributed by atoms with E-state index in [2.05, 4.69) is 29.0 Å². The maximum atomic E-state index is 12.4. The number of carbonyl (C=O) groups is 1. The van der Waals surface area contributed by atoms with Crippen LogP contribution in [0.5, 0.6) is 0 Å². The molecule has 0 spiro atoms. The summed E-state index contributed by atoms with van der Waals surface area (Å²) in [6.45, 7) is 9.02. The molecule has 0 radical (unpaired) electrons. The quantitative estimate of drug-likeness (QED) is 0.847. The smallest absolute Gasteiger partial charge is 0.267 e. The molecular weight excluding hydrogens is 262 g/mol. The number of piperazine rings is 1. The highest BCUT2D eigenvalue weighted by atomic mass is 32.1. The van der Waals surface area contributed by atoms with Crippen molar-refractivity contribution in [2.24, 2.45) is 0 Å². The molecular formula is C12H21N5OS. The second-order valence-electron chi connectivity index (χ2n) is 4.43. The fourth-order valence-corrected chi connectivity index (χ4v) is 3.19. The number of anilines is 2. The van der Waals surface area contributed by atoms with Crippen LogP contribution in [0.3, 0.4) is 0 Å². The van der Waals surface area contributed by atoms with Gasteiger partial charge in [-0.1, -0.05) is 11.3 Å². The summed E-state index contributed by atoms with van der Waals surface area (Å²) in [5.41, 5.74) is 5.91. The van der Waals surface area contributed by atoms with Crippen molar-refractivity contribution < 1.29 is 4.79 Å². The number of nitrogens with one attached hydrogen (secondary N) is 1. The van der Waals surface area contributed by atoms with Gasteiger partial charge in [0.15, 0.2) is 5.13 Å². The lowest BCUT2D eigenvalue weighted by atomic mass is 10.3. The summed E-state index contributed by atoms with van der Waals surface area (Å²) in [5, 5.41) is 4.07. The summed E-state index contributed by atoms with van der Waals surface area (Å²) in [6, 6.07) is 0. The molecule has 2 heterocycles. The average molecular weight is 283 g/mol. The van der Waals surface area contributed by atoms with E-state index in [4.69, 9.17) is 5.73 Å². The number of nitrogens with zero attached hydrogens (tertiary/aromatic N) is 3. The van der Waals surface area contributed by atoms with Crippen LogP contribution < -0.4 is 16.0 Å². The second kappa shape index (κ2) is 6.21. The molecule has 3 N–H and O–H groups in total. The second-order valence-corrected chi connectivity index (χ2v) is 5.40. The molecule has 1 saturated heterocycles. The van der Waals surface area contributed by atoms with E-state index in [-0.39, 0.29) is 5.91 Å². The molecule has 0 atom stereocenters. The van der Waals surface area contributed by atoms with E-state index in [1.165, 1.54) is 11.3 Å². The van der Waals surface area contributed by atoms with E-state index in [9.17, 15) is 4.79 Å². The lowest BCUT2D eigenvalue weighted by Crippen LogP contribution is -2.46. The highest BCUT2D eigenvalue weighted by Gasteiger charge is 2.24. The average Bonchev–Trinajstić information content (AvgIpc) is 2.82. The first-order chi connectivity index (χ1) is 9.17. The molecule has 6 nitrogen and oxygen atoms in total. The molecule has 0 saturated carbocycles. The van der Waals surface area contributed by atoms with Gasteiger partial charge in [-0.15, -0.1) is 0 Å². The Morgan fingerprint density at radius 2 is 2.05 bits per heavy atom. The van der Waals surface area contributed by atoms with Gasteiger partial charge in [-0.3, -0.25) is 4.79 Å². The van der Waals surface area contributed by atoms with Crippen LogP contribution in [-0.2, 0) is 0 Å². The van der Waals surface area contributed by atoms with Gasteiger partial charge in [0.05, 0.1) is 0 Å². The number of nitrogens with two attached hydrogens (primary N) is 1. The van der Waals surface area contributed by atoms with Gasteiger partial charge in [-0.25, -0.2) is 4.98 Å². The predicted molar refractivity (Wildman–Crippen MR) is 78.9 cm³/mol. The van der Waals surface area contributed by atoms with Crippen LogP contribution in [0.15, 0.2) is 0 Å². The van der Waals surface area contributed by atoms with Crippen molar-refractivity contribution in [1.82, 2.24) is 15.2 Å². The SMILES string of the molecule is CCN(CC)c1nc(N)c(C(=O)N2CCNCC2)s1. The summed E-state index contributed by atoms with van der Waals surface area (Å²) in [6.07, 6.45) is 0. The first-order valence-corrected chi connectivity index (χ1v) is 7.50. The molecule has 1 amide bonds.